The van der Waals surface area contributed by atoms with Crippen LogP contribution in [0.4, 0.5) is 18.9 Å². The van der Waals surface area contributed by atoms with Crippen molar-refractivity contribution in [3.8, 4) is 17.0 Å². The number of methoxy groups -OCH3 is 1. The Morgan fingerprint density at radius 2 is 1.87 bits per heavy atom. The number of piperidine rings is 1. The summed E-state index contributed by atoms with van der Waals surface area (Å²) in [6, 6.07) is 9.15. The first-order valence-electron chi connectivity index (χ1n) is 13.3. The number of pyridine rings is 2. The van der Waals surface area contributed by atoms with E-state index in [0.717, 1.165) is 90.5 Å². The summed E-state index contributed by atoms with van der Waals surface area (Å²) in [5.74, 6) is 1.75. The zero-order valence-electron chi connectivity index (χ0n) is 21.5. The molecular weight excluding hydrogens is 505 g/mol. The molecule has 0 N–H and O–H groups in total. The van der Waals surface area contributed by atoms with E-state index in [1.54, 1.807) is 13.3 Å². The van der Waals surface area contributed by atoms with Crippen LogP contribution in [0, 0.1) is 5.41 Å². The minimum Gasteiger partial charge on any atom is -0.496 e. The molecule has 0 radical (unpaired) electrons. The third-order valence-electron chi connectivity index (χ3n) is 8.42. The van der Waals surface area contributed by atoms with Crippen molar-refractivity contribution in [3.05, 3.63) is 71.9 Å². The first-order chi connectivity index (χ1) is 18.9. The Labute approximate surface area is 223 Å². The molecule has 0 amide bonds. The largest absolute Gasteiger partial charge is 0.496 e. The molecule has 6 nitrogen and oxygen atoms in total. The summed E-state index contributed by atoms with van der Waals surface area (Å²) in [6.45, 7) is 1.79. The van der Waals surface area contributed by atoms with Gasteiger partial charge >= 0.3 is 6.18 Å². The Kier molecular flexibility index (Phi) is 5.47. The van der Waals surface area contributed by atoms with Gasteiger partial charge in [0.2, 0.25) is 0 Å². The lowest BCUT2D eigenvalue weighted by atomic mass is 9.63. The maximum absolute atomic E-state index is 13.8. The average Bonchev–Trinajstić information content (AvgIpc) is 3.69. The molecule has 1 saturated heterocycles. The molecule has 1 spiro atoms. The number of fused-ring (bicyclic) bond motifs is 1. The molecule has 3 aliphatic rings. The van der Waals surface area contributed by atoms with Gasteiger partial charge in [0, 0.05) is 59.8 Å². The first kappa shape index (κ1) is 24.2. The van der Waals surface area contributed by atoms with Crippen LogP contribution in [0.15, 0.2) is 59.5 Å². The van der Waals surface area contributed by atoms with Gasteiger partial charge in [0.15, 0.2) is 0 Å². The van der Waals surface area contributed by atoms with Crippen molar-refractivity contribution >= 4 is 22.2 Å². The quantitative estimate of drug-likeness (QED) is 0.270. The van der Waals surface area contributed by atoms with Crippen LogP contribution in [0.1, 0.15) is 54.9 Å². The molecule has 2 fully saturated rings. The minimum atomic E-state index is -4.50. The van der Waals surface area contributed by atoms with Gasteiger partial charge in [-0.3, -0.25) is 9.97 Å². The fraction of sp³-hybridized carbons (Fsp3) is 0.367. The van der Waals surface area contributed by atoms with Gasteiger partial charge in [-0.2, -0.15) is 13.2 Å². The highest BCUT2D eigenvalue weighted by molar-refractivity contribution is 5.88. The number of anilines is 1. The number of alkyl halides is 3. The van der Waals surface area contributed by atoms with Crippen LogP contribution in [0.3, 0.4) is 0 Å². The fourth-order valence-corrected chi connectivity index (χ4v) is 6.15. The van der Waals surface area contributed by atoms with Gasteiger partial charge in [-0.05, 0) is 73.4 Å². The molecule has 39 heavy (non-hydrogen) atoms. The molecule has 9 heteroatoms. The lowest BCUT2D eigenvalue weighted by Crippen LogP contribution is -2.42. The molecule has 1 saturated carbocycles. The van der Waals surface area contributed by atoms with Crippen LogP contribution in [0.5, 0.6) is 5.75 Å². The molecule has 200 valence electrons. The predicted octanol–water partition coefficient (Wildman–Crippen LogP) is 7.26. The van der Waals surface area contributed by atoms with Crippen molar-refractivity contribution in [2.24, 2.45) is 5.41 Å². The second kappa shape index (κ2) is 8.83. The van der Waals surface area contributed by atoms with Crippen LogP contribution >= 0.6 is 0 Å². The highest BCUT2D eigenvalue weighted by Gasteiger charge is 2.45. The molecule has 7 rings (SSSR count). The van der Waals surface area contributed by atoms with Crippen molar-refractivity contribution in [1.82, 2.24) is 15.1 Å². The molecule has 4 aromatic rings. The lowest BCUT2D eigenvalue weighted by molar-refractivity contribution is -0.137. The molecule has 0 unspecified atom stereocenters. The van der Waals surface area contributed by atoms with Crippen LogP contribution in [0.2, 0.25) is 0 Å². The maximum Gasteiger partial charge on any atom is 0.417 e. The van der Waals surface area contributed by atoms with Crippen LogP contribution < -0.4 is 9.64 Å². The summed E-state index contributed by atoms with van der Waals surface area (Å²) in [4.78, 5) is 10.8. The number of allylic oxidation sites excluding steroid dienone is 2. The van der Waals surface area contributed by atoms with Gasteiger partial charge in [0.05, 0.1) is 18.2 Å². The van der Waals surface area contributed by atoms with Crippen LogP contribution in [-0.2, 0) is 6.18 Å². The number of hydrogen-bond acceptors (Lipinski definition) is 6. The van der Waals surface area contributed by atoms with E-state index >= 15 is 0 Å². The topological polar surface area (TPSA) is 64.3 Å². The van der Waals surface area contributed by atoms with Gasteiger partial charge in [0.25, 0.3) is 0 Å². The highest BCUT2D eigenvalue weighted by Crippen LogP contribution is 2.56. The molecule has 0 bridgehead atoms. The third kappa shape index (κ3) is 4.15. The van der Waals surface area contributed by atoms with Crippen LogP contribution in [-0.4, -0.2) is 35.3 Å². The van der Waals surface area contributed by atoms with E-state index in [1.165, 1.54) is 12.4 Å². The maximum atomic E-state index is 13.8. The lowest BCUT2D eigenvalue weighted by Gasteiger charge is -2.47. The average molecular weight is 533 g/mol. The second-order valence-electron chi connectivity index (χ2n) is 10.9. The number of rotatable bonds is 5. The number of nitrogens with zero attached hydrogens (tertiary/aromatic N) is 4. The van der Waals surface area contributed by atoms with E-state index in [-0.39, 0.29) is 22.6 Å². The Balaban J connectivity index is 1.16. The molecule has 3 aromatic heterocycles. The molecule has 1 aromatic carbocycles. The normalized spacial score (nSPS) is 18.8. The molecule has 1 aliphatic heterocycles. The molecule has 0 atom stereocenters. The number of aromatic nitrogens is 3. The van der Waals surface area contributed by atoms with Gasteiger partial charge < -0.3 is 14.2 Å². The first-order valence-corrected chi connectivity index (χ1v) is 13.3. The molecular formula is C30H27F3N4O2. The number of halogens is 3. The van der Waals surface area contributed by atoms with Crippen molar-refractivity contribution < 1.29 is 22.4 Å². The van der Waals surface area contributed by atoms with Gasteiger partial charge in [-0.1, -0.05) is 11.2 Å². The van der Waals surface area contributed by atoms with E-state index in [4.69, 9.17) is 9.26 Å². The van der Waals surface area contributed by atoms with Crippen molar-refractivity contribution in [1.29, 1.82) is 0 Å². The summed E-state index contributed by atoms with van der Waals surface area (Å²) in [5.41, 5.74) is 3.37. The summed E-state index contributed by atoms with van der Waals surface area (Å²) in [6.07, 6.45) is 6.63. The monoisotopic (exact) mass is 532 g/mol. The Morgan fingerprint density at radius 1 is 1.08 bits per heavy atom. The van der Waals surface area contributed by atoms with Crippen molar-refractivity contribution in [3.63, 3.8) is 0 Å². The number of ether oxygens (including phenoxy) is 1. The Hall–Kier alpha value is -3.88. The van der Waals surface area contributed by atoms with E-state index in [0.29, 0.717) is 0 Å². The zero-order chi connectivity index (χ0) is 26.8. The number of benzene rings is 1. The van der Waals surface area contributed by atoms with E-state index in [2.05, 4.69) is 38.2 Å². The summed E-state index contributed by atoms with van der Waals surface area (Å²) < 4.78 is 52.7. The minimum absolute atomic E-state index is 0.0199. The van der Waals surface area contributed by atoms with Gasteiger partial charge in [0.1, 0.15) is 17.2 Å². The Morgan fingerprint density at radius 3 is 2.59 bits per heavy atom. The standard InChI is InChI=1S/C30H27F3N4O2/c1-38-25-7-11-35-24-5-4-20(14-21(24)25)37-12-8-29(9-13-37)15-19(16-29)26-27(36-39-28(26)18-2-3-18)22-17-34-10-6-23(22)30(31,32)33/h4-7,10-11,14-15,17-18H,2-3,8-9,12-13,16H2,1H3. The van der Waals surface area contributed by atoms with Crippen molar-refractivity contribution in [2.75, 3.05) is 25.1 Å². The van der Waals surface area contributed by atoms with Gasteiger partial charge in [-0.25, -0.2) is 0 Å². The number of hydrogen-bond donors (Lipinski definition) is 0. The summed E-state index contributed by atoms with van der Waals surface area (Å²) in [5, 5.41) is 5.16. The van der Waals surface area contributed by atoms with Crippen molar-refractivity contribution in [2.45, 2.75) is 44.2 Å². The predicted molar refractivity (Wildman–Crippen MR) is 141 cm³/mol. The second-order valence-corrected chi connectivity index (χ2v) is 10.9. The summed E-state index contributed by atoms with van der Waals surface area (Å²) in [7, 11) is 1.67. The van der Waals surface area contributed by atoms with E-state index in [9.17, 15) is 13.2 Å². The van der Waals surface area contributed by atoms with Crippen LogP contribution in [0.25, 0.3) is 27.7 Å². The Bertz CT molecular complexity index is 1600. The van der Waals surface area contributed by atoms with Gasteiger partial charge in [-0.15, -0.1) is 0 Å². The zero-order valence-corrected chi connectivity index (χ0v) is 21.5. The SMILES string of the molecule is COc1ccnc2ccc(N3CCC4(C=C(c5c(-c6cnccc6C(F)(F)F)noc5C5CC5)C4)CC3)cc12. The fourth-order valence-electron chi connectivity index (χ4n) is 6.15. The smallest absolute Gasteiger partial charge is 0.417 e. The van der Waals surface area contributed by atoms with E-state index < -0.39 is 11.7 Å². The molecule has 2 aliphatic carbocycles. The third-order valence-corrected chi connectivity index (χ3v) is 8.42. The summed E-state index contributed by atoms with van der Waals surface area (Å²) >= 11 is 0. The highest BCUT2D eigenvalue weighted by atomic mass is 19.4. The molecule has 4 heterocycles. The van der Waals surface area contributed by atoms with E-state index in [1.807, 2.05) is 12.1 Å².